The maximum Gasteiger partial charge on any atom is 0.330 e. The Hall–Kier alpha value is -2.55. The molecule has 0 unspecified atom stereocenters. The third-order valence-electron chi connectivity index (χ3n) is 4.53. The van der Waals surface area contributed by atoms with Crippen LogP contribution in [0.25, 0.3) is 5.70 Å². The van der Waals surface area contributed by atoms with E-state index in [0.29, 0.717) is 29.0 Å². The number of aliphatic hydroxyl groups excluding tert-OH is 1. The summed E-state index contributed by atoms with van der Waals surface area (Å²) in [6.45, 7) is 4.90. The maximum absolute atomic E-state index is 12.8. The third-order valence-corrected chi connectivity index (χ3v) is 4.79. The standard InChI is InChI=1S/C18H23ClN6O2/c1-11-15-16(22-17(23(15)2)21-9-14(26)8-20)24(3)18(27)25(11)10-12-4-6-13(19)7-5-12/h4-7,14,26H,1,8-10,20H2,2-3H3,(H,21,22)/t14-/m0/s1. The van der Waals surface area contributed by atoms with E-state index in [1.165, 1.54) is 4.90 Å². The number of nitrogens with one attached hydrogen (secondary N) is 1. The molecule has 1 aromatic heterocycles. The van der Waals surface area contributed by atoms with E-state index in [9.17, 15) is 9.90 Å². The fourth-order valence-corrected chi connectivity index (χ4v) is 3.07. The monoisotopic (exact) mass is 390 g/mol. The minimum absolute atomic E-state index is 0.150. The number of amides is 2. The number of benzene rings is 1. The summed E-state index contributed by atoms with van der Waals surface area (Å²) in [5.74, 6) is 1.05. The molecule has 1 atom stereocenters. The van der Waals surface area contributed by atoms with Crippen molar-refractivity contribution in [3.63, 3.8) is 0 Å². The number of halogens is 1. The first kappa shape index (κ1) is 19.2. The maximum atomic E-state index is 12.8. The molecule has 2 aromatic rings. The number of anilines is 2. The molecule has 3 rings (SSSR count). The van der Waals surface area contributed by atoms with Crippen LogP contribution in [-0.4, -0.2) is 51.8 Å². The molecule has 27 heavy (non-hydrogen) atoms. The van der Waals surface area contributed by atoms with E-state index in [-0.39, 0.29) is 19.1 Å². The second-order valence-electron chi connectivity index (χ2n) is 6.44. The van der Waals surface area contributed by atoms with Crippen LogP contribution in [0.4, 0.5) is 16.6 Å². The Kier molecular flexibility index (Phi) is 5.41. The lowest BCUT2D eigenvalue weighted by atomic mass is 10.1. The van der Waals surface area contributed by atoms with Crippen molar-refractivity contribution < 1.29 is 9.90 Å². The van der Waals surface area contributed by atoms with Crippen LogP contribution >= 0.6 is 11.6 Å². The van der Waals surface area contributed by atoms with Gasteiger partial charge in [0, 0.05) is 32.2 Å². The van der Waals surface area contributed by atoms with Crippen LogP contribution in [0.1, 0.15) is 11.3 Å². The Balaban J connectivity index is 1.89. The number of aliphatic hydroxyl groups is 1. The molecule has 1 aromatic carbocycles. The first-order valence-corrected chi connectivity index (χ1v) is 8.89. The number of fused-ring (bicyclic) bond motifs is 1. The van der Waals surface area contributed by atoms with E-state index in [2.05, 4.69) is 16.9 Å². The fourth-order valence-electron chi connectivity index (χ4n) is 2.94. The normalized spacial score (nSPS) is 15.1. The Morgan fingerprint density at radius 3 is 2.63 bits per heavy atom. The van der Waals surface area contributed by atoms with Gasteiger partial charge in [0.05, 0.1) is 18.3 Å². The van der Waals surface area contributed by atoms with Crippen LogP contribution in [0.15, 0.2) is 30.8 Å². The summed E-state index contributed by atoms with van der Waals surface area (Å²) in [5.41, 5.74) is 7.67. The van der Waals surface area contributed by atoms with E-state index in [0.717, 1.165) is 11.3 Å². The highest BCUT2D eigenvalue weighted by Crippen LogP contribution is 2.36. The van der Waals surface area contributed by atoms with Crippen LogP contribution in [-0.2, 0) is 13.6 Å². The Morgan fingerprint density at radius 1 is 1.33 bits per heavy atom. The highest BCUT2D eigenvalue weighted by atomic mass is 35.5. The van der Waals surface area contributed by atoms with Gasteiger partial charge in [-0.05, 0) is 17.7 Å². The molecule has 0 aliphatic carbocycles. The molecule has 1 aliphatic rings. The van der Waals surface area contributed by atoms with Gasteiger partial charge < -0.3 is 20.7 Å². The van der Waals surface area contributed by atoms with Crippen molar-refractivity contribution in [2.24, 2.45) is 12.8 Å². The number of hydrogen-bond donors (Lipinski definition) is 3. The lowest BCUT2D eigenvalue weighted by molar-refractivity contribution is 0.195. The van der Waals surface area contributed by atoms with Gasteiger partial charge >= 0.3 is 6.03 Å². The average molecular weight is 391 g/mol. The fraction of sp³-hybridized carbons (Fsp3) is 0.333. The van der Waals surface area contributed by atoms with Crippen molar-refractivity contribution in [1.82, 2.24) is 14.5 Å². The smallest absolute Gasteiger partial charge is 0.330 e. The quantitative estimate of drug-likeness (QED) is 0.699. The molecule has 4 N–H and O–H groups in total. The van der Waals surface area contributed by atoms with E-state index in [4.69, 9.17) is 17.3 Å². The zero-order valence-electron chi connectivity index (χ0n) is 15.3. The van der Waals surface area contributed by atoms with Crippen LogP contribution < -0.4 is 16.0 Å². The first-order chi connectivity index (χ1) is 12.8. The predicted molar refractivity (Wildman–Crippen MR) is 107 cm³/mol. The second-order valence-corrected chi connectivity index (χ2v) is 6.87. The molecule has 0 saturated heterocycles. The Morgan fingerprint density at radius 2 is 2.00 bits per heavy atom. The van der Waals surface area contributed by atoms with E-state index < -0.39 is 6.10 Å². The Labute approximate surface area is 162 Å². The summed E-state index contributed by atoms with van der Waals surface area (Å²) in [6.07, 6.45) is -0.678. The van der Waals surface area contributed by atoms with Crippen molar-refractivity contribution in [3.05, 3.63) is 47.1 Å². The minimum atomic E-state index is -0.678. The van der Waals surface area contributed by atoms with Crippen molar-refractivity contribution in [2.45, 2.75) is 12.6 Å². The number of urea groups is 1. The summed E-state index contributed by atoms with van der Waals surface area (Å²) in [5, 5.41) is 13.4. The van der Waals surface area contributed by atoms with Crippen molar-refractivity contribution in [2.75, 3.05) is 30.4 Å². The summed E-state index contributed by atoms with van der Waals surface area (Å²) >= 11 is 5.94. The number of nitrogens with two attached hydrogens (primary N) is 1. The molecular weight excluding hydrogens is 368 g/mol. The molecule has 1 aliphatic heterocycles. The van der Waals surface area contributed by atoms with Crippen molar-refractivity contribution in [3.8, 4) is 0 Å². The predicted octanol–water partition coefficient (Wildman–Crippen LogP) is 1.85. The van der Waals surface area contributed by atoms with E-state index in [1.54, 1.807) is 24.1 Å². The zero-order chi connectivity index (χ0) is 19.7. The number of hydrogen-bond acceptors (Lipinski definition) is 5. The SMILES string of the molecule is C=C1c2c(nc(NC[C@@H](O)CN)n2C)N(C)C(=O)N1Cc1ccc(Cl)cc1. The van der Waals surface area contributed by atoms with Gasteiger partial charge in [-0.25, -0.2) is 4.79 Å². The summed E-state index contributed by atoms with van der Waals surface area (Å²) in [7, 11) is 3.51. The second kappa shape index (κ2) is 7.59. The molecule has 0 fully saturated rings. The van der Waals surface area contributed by atoms with Crippen LogP contribution in [0.2, 0.25) is 5.02 Å². The summed E-state index contributed by atoms with van der Waals surface area (Å²) in [4.78, 5) is 20.4. The number of imidazole rings is 1. The lowest BCUT2D eigenvalue weighted by Crippen LogP contribution is -2.44. The molecule has 0 bridgehead atoms. The van der Waals surface area contributed by atoms with Gasteiger partial charge in [0.15, 0.2) is 5.82 Å². The van der Waals surface area contributed by atoms with E-state index >= 15 is 0 Å². The number of aromatic nitrogens is 2. The van der Waals surface area contributed by atoms with Crippen molar-refractivity contribution >= 4 is 35.1 Å². The third kappa shape index (κ3) is 3.64. The van der Waals surface area contributed by atoms with Gasteiger partial charge in [-0.1, -0.05) is 30.3 Å². The van der Waals surface area contributed by atoms with E-state index in [1.807, 2.05) is 23.7 Å². The first-order valence-electron chi connectivity index (χ1n) is 8.51. The van der Waals surface area contributed by atoms with Gasteiger partial charge in [0.1, 0.15) is 5.69 Å². The summed E-state index contributed by atoms with van der Waals surface area (Å²) < 4.78 is 1.82. The van der Waals surface area contributed by atoms with Crippen LogP contribution in [0.3, 0.4) is 0 Å². The van der Waals surface area contributed by atoms with Gasteiger partial charge in [0.2, 0.25) is 5.95 Å². The largest absolute Gasteiger partial charge is 0.390 e. The number of rotatable bonds is 6. The molecule has 144 valence electrons. The van der Waals surface area contributed by atoms with Gasteiger partial charge in [0.25, 0.3) is 0 Å². The molecule has 8 nitrogen and oxygen atoms in total. The molecule has 0 radical (unpaired) electrons. The molecule has 2 amide bonds. The summed E-state index contributed by atoms with van der Waals surface area (Å²) in [6, 6.07) is 7.12. The average Bonchev–Trinajstić information content (AvgIpc) is 2.99. The van der Waals surface area contributed by atoms with Gasteiger partial charge in [-0.15, -0.1) is 0 Å². The highest BCUT2D eigenvalue weighted by molar-refractivity contribution is 6.30. The number of nitrogens with zero attached hydrogens (tertiary/aromatic N) is 4. The highest BCUT2D eigenvalue weighted by Gasteiger charge is 2.35. The van der Waals surface area contributed by atoms with Crippen LogP contribution in [0.5, 0.6) is 0 Å². The molecular formula is C18H23ClN6O2. The lowest BCUT2D eigenvalue weighted by Gasteiger charge is -2.34. The zero-order valence-corrected chi connectivity index (χ0v) is 16.1. The Bertz CT molecular complexity index is 863. The van der Waals surface area contributed by atoms with Gasteiger partial charge in [-0.3, -0.25) is 9.80 Å². The minimum Gasteiger partial charge on any atom is -0.390 e. The molecule has 2 heterocycles. The van der Waals surface area contributed by atoms with Crippen molar-refractivity contribution in [1.29, 1.82) is 0 Å². The molecule has 0 spiro atoms. The molecule has 9 heteroatoms. The topological polar surface area (TPSA) is 99.6 Å². The molecule has 0 saturated carbocycles. The van der Waals surface area contributed by atoms with Crippen LogP contribution in [0, 0.1) is 0 Å². The number of carbonyl (C=O) groups is 1. The number of carbonyl (C=O) groups excluding carboxylic acids is 1. The van der Waals surface area contributed by atoms with Gasteiger partial charge in [-0.2, -0.15) is 4.98 Å².